The summed E-state index contributed by atoms with van der Waals surface area (Å²) in [6, 6.07) is 0. The van der Waals surface area contributed by atoms with Gasteiger partial charge in [0.25, 0.3) is 0 Å². The molecule has 0 rings (SSSR count). The summed E-state index contributed by atoms with van der Waals surface area (Å²) >= 11 is 0. The van der Waals surface area contributed by atoms with Crippen LogP contribution in [0.15, 0.2) is 11.1 Å². The van der Waals surface area contributed by atoms with Crippen molar-refractivity contribution in [2.24, 2.45) is 0 Å². The maximum atomic E-state index is 12.5. The Morgan fingerprint density at radius 1 is 0.625 bits per heavy atom. The van der Waals surface area contributed by atoms with Crippen molar-refractivity contribution in [3.63, 3.8) is 0 Å². The number of esters is 2. The van der Waals surface area contributed by atoms with Crippen LogP contribution in [0.4, 0.5) is 0 Å². The van der Waals surface area contributed by atoms with Crippen LogP contribution >= 0.6 is 0 Å². The lowest BCUT2D eigenvalue weighted by Crippen LogP contribution is -2.21. The van der Waals surface area contributed by atoms with Gasteiger partial charge in [-0.1, -0.05) is 53.4 Å². The third-order valence-electron chi connectivity index (χ3n) is 3.89. The number of carbonyl (C=O) groups is 2. The van der Waals surface area contributed by atoms with E-state index in [-0.39, 0.29) is 5.57 Å². The van der Waals surface area contributed by atoms with Crippen LogP contribution < -0.4 is 0 Å². The van der Waals surface area contributed by atoms with E-state index in [9.17, 15) is 9.59 Å². The van der Waals surface area contributed by atoms with Gasteiger partial charge in [0, 0.05) is 0 Å². The standard InChI is InChI=1S/C20H36O4/c1-5-9-13-17(14-10-6-2)18(19(21)23-15-11-7-3)20(22)24-16-12-8-4/h5-16H2,1-4H3. The van der Waals surface area contributed by atoms with E-state index in [4.69, 9.17) is 9.47 Å². The van der Waals surface area contributed by atoms with Gasteiger partial charge in [-0.3, -0.25) is 0 Å². The molecule has 0 spiro atoms. The molecule has 0 heterocycles. The fourth-order valence-electron chi connectivity index (χ4n) is 2.29. The molecule has 0 aliphatic carbocycles. The van der Waals surface area contributed by atoms with Crippen LogP contribution in [0.3, 0.4) is 0 Å². The van der Waals surface area contributed by atoms with Crippen LogP contribution in [0.25, 0.3) is 0 Å². The molecule has 0 fully saturated rings. The number of hydrogen-bond donors (Lipinski definition) is 0. The molecule has 0 saturated heterocycles. The van der Waals surface area contributed by atoms with E-state index >= 15 is 0 Å². The maximum Gasteiger partial charge on any atom is 0.345 e. The van der Waals surface area contributed by atoms with Crippen molar-refractivity contribution in [2.75, 3.05) is 13.2 Å². The van der Waals surface area contributed by atoms with Crippen LogP contribution in [-0.2, 0) is 19.1 Å². The maximum absolute atomic E-state index is 12.5. The minimum atomic E-state index is -0.507. The molecule has 0 amide bonds. The Morgan fingerprint density at radius 3 is 1.33 bits per heavy atom. The molecule has 0 aromatic rings. The quantitative estimate of drug-likeness (QED) is 0.141. The molecule has 24 heavy (non-hydrogen) atoms. The average molecular weight is 341 g/mol. The lowest BCUT2D eigenvalue weighted by molar-refractivity contribution is -0.147. The predicted octanol–water partition coefficient (Wildman–Crippen LogP) is 5.35. The largest absolute Gasteiger partial charge is 0.462 e. The molecule has 0 bridgehead atoms. The smallest absolute Gasteiger partial charge is 0.345 e. The molecule has 0 unspecified atom stereocenters. The zero-order chi connectivity index (χ0) is 18.2. The molecule has 0 aliphatic rings. The summed E-state index contributed by atoms with van der Waals surface area (Å²) in [4.78, 5) is 25.0. The summed E-state index contributed by atoms with van der Waals surface area (Å²) in [7, 11) is 0. The summed E-state index contributed by atoms with van der Waals surface area (Å²) < 4.78 is 10.6. The zero-order valence-electron chi connectivity index (χ0n) is 16.1. The lowest BCUT2D eigenvalue weighted by atomic mass is 9.97. The second kappa shape index (κ2) is 15.2. The van der Waals surface area contributed by atoms with Crippen molar-refractivity contribution < 1.29 is 19.1 Å². The third-order valence-corrected chi connectivity index (χ3v) is 3.89. The van der Waals surface area contributed by atoms with E-state index in [1.165, 1.54) is 0 Å². The van der Waals surface area contributed by atoms with E-state index in [1.54, 1.807) is 0 Å². The number of rotatable bonds is 14. The van der Waals surface area contributed by atoms with Crippen molar-refractivity contribution in [1.82, 2.24) is 0 Å². The first kappa shape index (κ1) is 22.7. The van der Waals surface area contributed by atoms with Crippen LogP contribution in [0.1, 0.15) is 91.9 Å². The van der Waals surface area contributed by atoms with Gasteiger partial charge in [-0.05, 0) is 44.1 Å². The topological polar surface area (TPSA) is 52.6 Å². The first-order valence-corrected chi connectivity index (χ1v) is 9.68. The normalized spacial score (nSPS) is 10.3. The molecular formula is C20H36O4. The van der Waals surface area contributed by atoms with Gasteiger partial charge in [-0.25, -0.2) is 9.59 Å². The van der Waals surface area contributed by atoms with E-state index in [1.807, 2.05) is 13.8 Å². The predicted molar refractivity (Wildman–Crippen MR) is 97.8 cm³/mol. The van der Waals surface area contributed by atoms with Crippen LogP contribution in [0.5, 0.6) is 0 Å². The minimum Gasteiger partial charge on any atom is -0.462 e. The monoisotopic (exact) mass is 340 g/mol. The van der Waals surface area contributed by atoms with Gasteiger partial charge in [0.15, 0.2) is 0 Å². The Hall–Kier alpha value is -1.32. The van der Waals surface area contributed by atoms with Crippen LogP contribution in [0.2, 0.25) is 0 Å². The first-order valence-electron chi connectivity index (χ1n) is 9.68. The second-order valence-corrected chi connectivity index (χ2v) is 6.16. The van der Waals surface area contributed by atoms with Crippen molar-refractivity contribution in [1.29, 1.82) is 0 Å². The van der Waals surface area contributed by atoms with Crippen molar-refractivity contribution in [3.05, 3.63) is 11.1 Å². The number of unbranched alkanes of at least 4 members (excludes halogenated alkanes) is 4. The van der Waals surface area contributed by atoms with Gasteiger partial charge < -0.3 is 9.47 Å². The van der Waals surface area contributed by atoms with Crippen LogP contribution in [-0.4, -0.2) is 25.2 Å². The fourth-order valence-corrected chi connectivity index (χ4v) is 2.29. The zero-order valence-corrected chi connectivity index (χ0v) is 16.1. The molecular weight excluding hydrogens is 304 g/mol. The SMILES string of the molecule is CCCCOC(=O)C(C(=O)OCCCC)=C(CCCC)CCCC. The van der Waals surface area contributed by atoms with Gasteiger partial charge in [-0.2, -0.15) is 0 Å². The Morgan fingerprint density at radius 2 is 1.00 bits per heavy atom. The molecule has 140 valence electrons. The molecule has 0 atom stereocenters. The molecule has 4 heteroatoms. The Bertz CT molecular complexity index is 351. The molecule has 0 aromatic heterocycles. The highest BCUT2D eigenvalue weighted by Gasteiger charge is 2.25. The van der Waals surface area contributed by atoms with E-state index in [2.05, 4.69) is 13.8 Å². The van der Waals surface area contributed by atoms with Crippen molar-refractivity contribution >= 4 is 11.9 Å². The number of allylic oxidation sites excluding steroid dienone is 1. The Kier molecular flexibility index (Phi) is 14.4. The highest BCUT2D eigenvalue weighted by atomic mass is 16.6. The van der Waals surface area contributed by atoms with Crippen molar-refractivity contribution in [3.8, 4) is 0 Å². The summed E-state index contributed by atoms with van der Waals surface area (Å²) in [5.41, 5.74) is 1.06. The molecule has 0 aromatic carbocycles. The second-order valence-electron chi connectivity index (χ2n) is 6.16. The fraction of sp³-hybridized carbons (Fsp3) is 0.800. The molecule has 0 saturated carbocycles. The first-order chi connectivity index (χ1) is 11.6. The molecule has 0 N–H and O–H groups in total. The minimum absolute atomic E-state index is 0.157. The highest BCUT2D eigenvalue weighted by Crippen LogP contribution is 2.22. The number of carbonyl (C=O) groups excluding carboxylic acids is 2. The van der Waals surface area contributed by atoms with Gasteiger partial charge in [0.2, 0.25) is 0 Å². The van der Waals surface area contributed by atoms with Gasteiger partial charge in [0.1, 0.15) is 5.57 Å². The Labute approximate surface area is 148 Å². The summed E-state index contributed by atoms with van der Waals surface area (Å²) in [5, 5.41) is 0. The lowest BCUT2D eigenvalue weighted by Gasteiger charge is -2.14. The Balaban J connectivity index is 5.27. The summed E-state index contributed by atoms with van der Waals surface area (Å²) in [6.45, 7) is 9.01. The van der Waals surface area contributed by atoms with E-state index in [0.29, 0.717) is 13.2 Å². The summed E-state index contributed by atoms with van der Waals surface area (Å²) in [5.74, 6) is -1.01. The van der Waals surface area contributed by atoms with E-state index in [0.717, 1.165) is 69.8 Å². The highest BCUT2D eigenvalue weighted by molar-refractivity contribution is 6.14. The van der Waals surface area contributed by atoms with E-state index < -0.39 is 11.9 Å². The van der Waals surface area contributed by atoms with Crippen LogP contribution in [0, 0.1) is 0 Å². The van der Waals surface area contributed by atoms with Gasteiger partial charge in [-0.15, -0.1) is 0 Å². The van der Waals surface area contributed by atoms with Crippen molar-refractivity contribution in [2.45, 2.75) is 91.9 Å². The molecule has 0 radical (unpaired) electrons. The third kappa shape index (κ3) is 9.74. The molecule has 4 nitrogen and oxygen atoms in total. The van der Waals surface area contributed by atoms with Gasteiger partial charge >= 0.3 is 11.9 Å². The summed E-state index contributed by atoms with van der Waals surface area (Å²) in [6.07, 6.45) is 9.02. The number of hydrogen-bond acceptors (Lipinski definition) is 4. The van der Waals surface area contributed by atoms with Gasteiger partial charge in [0.05, 0.1) is 13.2 Å². The number of ether oxygens (including phenoxy) is 2. The molecule has 0 aliphatic heterocycles. The average Bonchev–Trinajstić information content (AvgIpc) is 2.57.